The second-order valence-electron chi connectivity index (χ2n) is 10.3. The third-order valence-electron chi connectivity index (χ3n) is 7.59. The van der Waals surface area contributed by atoms with E-state index in [1.165, 1.54) is 18.4 Å². The van der Waals surface area contributed by atoms with Gasteiger partial charge in [0.25, 0.3) is 0 Å². The van der Waals surface area contributed by atoms with Crippen molar-refractivity contribution in [3.63, 3.8) is 0 Å². The van der Waals surface area contributed by atoms with E-state index < -0.39 is 0 Å². The Morgan fingerprint density at radius 1 is 1.05 bits per heavy atom. The molecule has 8 heteroatoms. The number of para-hydroxylation sites is 1. The maximum absolute atomic E-state index is 6.15. The number of rotatable bonds is 7. The normalized spacial score (nSPS) is 17.4. The lowest BCUT2D eigenvalue weighted by molar-refractivity contribution is 0.433. The van der Waals surface area contributed by atoms with Crippen molar-refractivity contribution in [3.05, 3.63) is 71.2 Å². The average molecular weight is 536 g/mol. The van der Waals surface area contributed by atoms with Crippen LogP contribution in [0.2, 0.25) is 5.02 Å². The summed E-state index contributed by atoms with van der Waals surface area (Å²) in [6, 6.07) is 19.8. The topological polar surface area (TPSA) is 62.3 Å². The maximum Gasteiger partial charge on any atom is 0.234 e. The largest absolute Gasteiger partial charge is 0.439 e. The molecule has 1 aromatic heterocycles. The molecule has 0 unspecified atom stereocenters. The average Bonchev–Trinajstić information content (AvgIpc) is 3.39. The highest BCUT2D eigenvalue weighted by Crippen LogP contribution is 2.41. The zero-order valence-corrected chi connectivity index (χ0v) is 22.8. The lowest BCUT2D eigenvalue weighted by Gasteiger charge is -2.31. The van der Waals surface area contributed by atoms with Crippen molar-refractivity contribution in [2.45, 2.75) is 50.9 Å². The summed E-state index contributed by atoms with van der Waals surface area (Å²) in [6.45, 7) is 4.99. The van der Waals surface area contributed by atoms with Crippen molar-refractivity contribution in [2.75, 3.05) is 29.9 Å². The summed E-state index contributed by atoms with van der Waals surface area (Å²) in [7, 11) is 0. The first kappa shape index (κ1) is 25.7. The van der Waals surface area contributed by atoms with Gasteiger partial charge in [0, 0.05) is 36.1 Å². The van der Waals surface area contributed by atoms with Crippen LogP contribution in [0.25, 0.3) is 0 Å². The van der Waals surface area contributed by atoms with Gasteiger partial charge in [0.1, 0.15) is 11.6 Å². The molecule has 1 aliphatic heterocycles. The monoisotopic (exact) mass is 535 g/mol. The number of piperidine rings is 1. The van der Waals surface area contributed by atoms with Gasteiger partial charge in [0.15, 0.2) is 5.11 Å². The summed E-state index contributed by atoms with van der Waals surface area (Å²) in [5.41, 5.74) is 1.35. The Labute approximate surface area is 229 Å². The van der Waals surface area contributed by atoms with Crippen molar-refractivity contribution in [1.82, 2.24) is 15.3 Å². The molecule has 3 aromatic rings. The minimum Gasteiger partial charge on any atom is -0.439 e. The summed E-state index contributed by atoms with van der Waals surface area (Å²) in [4.78, 5) is 11.7. The van der Waals surface area contributed by atoms with Crippen molar-refractivity contribution < 1.29 is 4.74 Å². The first-order valence-electron chi connectivity index (χ1n) is 13.2. The molecule has 0 atom stereocenters. The van der Waals surface area contributed by atoms with Gasteiger partial charge >= 0.3 is 0 Å². The quantitative estimate of drug-likeness (QED) is 0.317. The SMILES string of the molecule is CC1CCN(c2cc(Oc3ccccc3)nc(NC(=S)NCC3(c4ccc(Cl)cc4)CCCC3)n2)CC1. The molecule has 5 rings (SSSR count). The molecule has 2 fully saturated rings. The minimum absolute atomic E-state index is 0.0467. The lowest BCUT2D eigenvalue weighted by atomic mass is 9.79. The van der Waals surface area contributed by atoms with Gasteiger partial charge in [0.05, 0.1) is 0 Å². The number of nitrogens with zero attached hydrogens (tertiary/aromatic N) is 3. The second-order valence-corrected chi connectivity index (χ2v) is 11.1. The Hall–Kier alpha value is -2.90. The summed E-state index contributed by atoms with van der Waals surface area (Å²) in [6.07, 6.45) is 6.97. The van der Waals surface area contributed by atoms with Crippen molar-refractivity contribution in [1.29, 1.82) is 0 Å². The van der Waals surface area contributed by atoms with Crippen LogP contribution in [-0.4, -0.2) is 34.7 Å². The van der Waals surface area contributed by atoms with Crippen molar-refractivity contribution in [3.8, 4) is 11.6 Å². The van der Waals surface area contributed by atoms with Crippen molar-refractivity contribution in [2.24, 2.45) is 5.92 Å². The van der Waals surface area contributed by atoms with Crippen LogP contribution in [0.3, 0.4) is 0 Å². The number of hydrogen-bond donors (Lipinski definition) is 2. The van der Waals surface area contributed by atoms with E-state index in [0.29, 0.717) is 16.9 Å². The molecule has 0 spiro atoms. The predicted molar refractivity (Wildman–Crippen MR) is 155 cm³/mol. The summed E-state index contributed by atoms with van der Waals surface area (Å²) in [5.74, 6) is 3.25. The van der Waals surface area contributed by atoms with Crippen LogP contribution in [0.5, 0.6) is 11.6 Å². The highest BCUT2D eigenvalue weighted by Gasteiger charge is 2.35. The number of thiocarbonyl (C=S) groups is 1. The van der Waals surface area contributed by atoms with Crippen LogP contribution in [0.15, 0.2) is 60.7 Å². The molecular weight excluding hydrogens is 502 g/mol. The summed E-state index contributed by atoms with van der Waals surface area (Å²) in [5, 5.41) is 7.95. The first-order chi connectivity index (χ1) is 18.0. The Morgan fingerprint density at radius 2 is 1.76 bits per heavy atom. The third kappa shape index (κ3) is 6.51. The van der Waals surface area contributed by atoms with E-state index in [9.17, 15) is 0 Å². The minimum atomic E-state index is 0.0467. The highest BCUT2D eigenvalue weighted by molar-refractivity contribution is 7.80. The number of benzene rings is 2. The van der Waals surface area contributed by atoms with Gasteiger partial charge < -0.3 is 20.3 Å². The predicted octanol–water partition coefficient (Wildman–Crippen LogP) is 6.96. The van der Waals surface area contributed by atoms with Gasteiger partial charge in [-0.1, -0.05) is 61.7 Å². The Kier molecular flexibility index (Phi) is 8.11. The fraction of sp³-hybridized carbons (Fsp3) is 0.414. The van der Waals surface area contributed by atoms with Crippen LogP contribution in [0.4, 0.5) is 11.8 Å². The molecule has 2 aliphatic rings. The van der Waals surface area contributed by atoms with Gasteiger partial charge in [-0.05, 0) is 73.6 Å². The molecule has 0 bridgehead atoms. The summed E-state index contributed by atoms with van der Waals surface area (Å²) >= 11 is 11.8. The van der Waals surface area contributed by atoms with E-state index >= 15 is 0 Å². The Balaban J connectivity index is 1.31. The standard InChI is InChI=1S/C29H34ClN5OS/c1-21-13-17-35(18-14-21)25-19-26(36-24-7-3-2-4-8-24)33-27(32-25)34-28(37)31-20-29(15-5-6-16-29)22-9-11-23(30)12-10-22/h2-4,7-12,19,21H,5-6,13-18,20H2,1H3,(H2,31,32,33,34,37). The third-order valence-corrected chi connectivity index (χ3v) is 8.09. The Bertz CT molecular complexity index is 1190. The molecule has 37 heavy (non-hydrogen) atoms. The van der Waals surface area contributed by atoms with Crippen LogP contribution in [0, 0.1) is 5.92 Å². The Morgan fingerprint density at radius 3 is 2.46 bits per heavy atom. The van der Waals surface area contributed by atoms with Crippen LogP contribution in [-0.2, 0) is 5.41 Å². The number of hydrogen-bond acceptors (Lipinski definition) is 5. The molecule has 0 amide bonds. The van der Waals surface area contributed by atoms with Gasteiger partial charge in [-0.25, -0.2) is 0 Å². The lowest BCUT2D eigenvalue weighted by Crippen LogP contribution is -2.41. The second kappa shape index (κ2) is 11.7. The first-order valence-corrected chi connectivity index (χ1v) is 14.0. The molecule has 194 valence electrons. The van der Waals surface area contributed by atoms with E-state index in [-0.39, 0.29) is 5.41 Å². The van der Waals surface area contributed by atoms with E-state index in [2.05, 4.69) is 39.6 Å². The van der Waals surface area contributed by atoms with E-state index in [0.717, 1.165) is 67.8 Å². The molecule has 1 saturated carbocycles. The smallest absolute Gasteiger partial charge is 0.234 e. The van der Waals surface area contributed by atoms with E-state index in [4.69, 9.17) is 33.5 Å². The molecule has 2 aromatic carbocycles. The molecule has 2 N–H and O–H groups in total. The van der Waals surface area contributed by atoms with Gasteiger partial charge in [-0.3, -0.25) is 0 Å². The molecule has 1 saturated heterocycles. The number of anilines is 2. The molecule has 1 aliphatic carbocycles. The van der Waals surface area contributed by atoms with Crippen LogP contribution >= 0.6 is 23.8 Å². The zero-order chi connectivity index (χ0) is 25.7. The highest BCUT2D eigenvalue weighted by atomic mass is 35.5. The number of nitrogens with one attached hydrogen (secondary N) is 2. The van der Waals surface area contributed by atoms with Gasteiger partial charge in [-0.15, -0.1) is 0 Å². The summed E-state index contributed by atoms with van der Waals surface area (Å²) < 4.78 is 6.09. The zero-order valence-electron chi connectivity index (χ0n) is 21.3. The van der Waals surface area contributed by atoms with Crippen LogP contribution < -0.4 is 20.3 Å². The van der Waals surface area contributed by atoms with Crippen molar-refractivity contribution >= 4 is 40.7 Å². The maximum atomic E-state index is 6.15. The number of ether oxygens (including phenoxy) is 1. The van der Waals surface area contributed by atoms with Crippen LogP contribution in [0.1, 0.15) is 51.0 Å². The molecule has 0 radical (unpaired) electrons. The fourth-order valence-electron chi connectivity index (χ4n) is 5.35. The van der Waals surface area contributed by atoms with Gasteiger partial charge in [0.2, 0.25) is 11.8 Å². The number of aromatic nitrogens is 2. The molecule has 2 heterocycles. The molecular formula is C29H34ClN5OS. The molecule has 6 nitrogen and oxygen atoms in total. The number of halogens is 1. The van der Waals surface area contributed by atoms with E-state index in [1.807, 2.05) is 48.5 Å². The van der Waals surface area contributed by atoms with Gasteiger partial charge in [-0.2, -0.15) is 9.97 Å². The fourth-order valence-corrected chi connectivity index (χ4v) is 5.64. The van der Waals surface area contributed by atoms with E-state index in [1.54, 1.807) is 0 Å².